The van der Waals surface area contributed by atoms with E-state index < -0.39 is 0 Å². The van der Waals surface area contributed by atoms with Crippen molar-refractivity contribution >= 4 is 17.1 Å². The van der Waals surface area contributed by atoms with E-state index in [1.165, 1.54) is 5.69 Å². The normalized spacial score (nSPS) is 14.7. The van der Waals surface area contributed by atoms with E-state index in [9.17, 15) is 10.1 Å². The number of non-ortho nitro benzene ring substituents is 1. The molecule has 0 N–H and O–H groups in total. The predicted molar refractivity (Wildman–Crippen MR) is 90.5 cm³/mol. The zero-order valence-corrected chi connectivity index (χ0v) is 13.0. The van der Waals surface area contributed by atoms with Crippen LogP contribution in [0.4, 0.5) is 17.1 Å². The molecule has 6 heteroatoms. The van der Waals surface area contributed by atoms with Gasteiger partial charge in [0.25, 0.3) is 5.69 Å². The monoisotopic (exact) mass is 313 g/mol. The maximum absolute atomic E-state index is 10.7. The van der Waals surface area contributed by atoms with Gasteiger partial charge in [0.15, 0.2) is 0 Å². The van der Waals surface area contributed by atoms with E-state index in [0.29, 0.717) is 0 Å². The van der Waals surface area contributed by atoms with Gasteiger partial charge in [-0.15, -0.1) is 0 Å². The lowest BCUT2D eigenvalue weighted by Gasteiger charge is -2.37. The molecule has 2 aromatic rings. The van der Waals surface area contributed by atoms with Gasteiger partial charge in [-0.25, -0.2) is 0 Å². The summed E-state index contributed by atoms with van der Waals surface area (Å²) in [5.74, 6) is 0.860. The van der Waals surface area contributed by atoms with Crippen LogP contribution in [0.3, 0.4) is 0 Å². The highest BCUT2D eigenvalue weighted by Crippen LogP contribution is 2.24. The summed E-state index contributed by atoms with van der Waals surface area (Å²) in [6.45, 7) is 3.63. The number of nitro benzene ring substituents is 1. The Morgan fingerprint density at radius 2 is 1.30 bits per heavy atom. The van der Waals surface area contributed by atoms with Crippen molar-refractivity contribution in [3.05, 3.63) is 58.6 Å². The summed E-state index contributed by atoms with van der Waals surface area (Å²) < 4.78 is 5.18. The number of anilines is 2. The van der Waals surface area contributed by atoms with E-state index in [2.05, 4.69) is 21.9 Å². The van der Waals surface area contributed by atoms with Crippen LogP contribution in [-0.4, -0.2) is 38.2 Å². The van der Waals surface area contributed by atoms with Gasteiger partial charge in [0, 0.05) is 49.7 Å². The smallest absolute Gasteiger partial charge is 0.269 e. The average molecular weight is 313 g/mol. The summed E-state index contributed by atoms with van der Waals surface area (Å²) in [6, 6.07) is 14.8. The fourth-order valence-corrected chi connectivity index (χ4v) is 2.80. The second-order valence-electron chi connectivity index (χ2n) is 5.45. The van der Waals surface area contributed by atoms with Crippen molar-refractivity contribution in [2.75, 3.05) is 43.1 Å². The third-order valence-corrected chi connectivity index (χ3v) is 4.14. The highest BCUT2D eigenvalue weighted by molar-refractivity contribution is 5.54. The lowest BCUT2D eigenvalue weighted by molar-refractivity contribution is -0.384. The summed E-state index contributed by atoms with van der Waals surface area (Å²) in [4.78, 5) is 14.9. The van der Waals surface area contributed by atoms with Gasteiger partial charge in [-0.05, 0) is 36.4 Å². The van der Waals surface area contributed by atoms with Crippen molar-refractivity contribution in [3.8, 4) is 5.75 Å². The molecule has 0 amide bonds. The van der Waals surface area contributed by atoms with E-state index >= 15 is 0 Å². The molecule has 0 saturated carbocycles. The molecule has 0 aliphatic carbocycles. The van der Waals surface area contributed by atoms with Gasteiger partial charge in [-0.2, -0.15) is 0 Å². The van der Waals surface area contributed by atoms with Crippen LogP contribution in [-0.2, 0) is 0 Å². The number of nitro groups is 1. The Labute approximate surface area is 135 Å². The second kappa shape index (κ2) is 6.56. The lowest BCUT2D eigenvalue weighted by Crippen LogP contribution is -2.46. The molecule has 23 heavy (non-hydrogen) atoms. The standard InChI is InChI=1S/C17H19N3O3/c1-23-17-8-6-15(7-9-17)19-12-10-18(11-13-19)14-2-4-16(5-3-14)20(21)22/h2-9H,10-13H2,1H3. The molecule has 1 aliphatic rings. The zero-order valence-electron chi connectivity index (χ0n) is 13.0. The van der Waals surface area contributed by atoms with Gasteiger partial charge in [0.05, 0.1) is 12.0 Å². The van der Waals surface area contributed by atoms with Crippen molar-refractivity contribution in [2.45, 2.75) is 0 Å². The maximum Gasteiger partial charge on any atom is 0.269 e. The topological polar surface area (TPSA) is 58.8 Å². The number of nitrogens with zero attached hydrogens (tertiary/aromatic N) is 3. The molecule has 1 saturated heterocycles. The van der Waals surface area contributed by atoms with E-state index in [1.807, 2.05) is 24.3 Å². The second-order valence-corrected chi connectivity index (χ2v) is 5.45. The van der Waals surface area contributed by atoms with E-state index in [-0.39, 0.29) is 10.6 Å². The van der Waals surface area contributed by atoms with Gasteiger partial charge in [-0.3, -0.25) is 10.1 Å². The third kappa shape index (κ3) is 3.36. The van der Waals surface area contributed by atoms with Gasteiger partial charge >= 0.3 is 0 Å². The summed E-state index contributed by atoms with van der Waals surface area (Å²) in [7, 11) is 1.66. The quantitative estimate of drug-likeness (QED) is 0.641. The highest BCUT2D eigenvalue weighted by Gasteiger charge is 2.18. The Morgan fingerprint density at radius 3 is 1.70 bits per heavy atom. The first kappa shape index (κ1) is 15.1. The van der Waals surface area contributed by atoms with Crippen LogP contribution in [0.1, 0.15) is 0 Å². The number of methoxy groups -OCH3 is 1. The van der Waals surface area contributed by atoms with Crippen molar-refractivity contribution in [1.82, 2.24) is 0 Å². The summed E-state index contributed by atoms with van der Waals surface area (Å²) >= 11 is 0. The fraction of sp³-hybridized carbons (Fsp3) is 0.294. The van der Waals surface area contributed by atoms with Crippen LogP contribution in [0.2, 0.25) is 0 Å². The SMILES string of the molecule is COc1ccc(N2CCN(c3ccc([N+](=O)[O-])cc3)CC2)cc1. The van der Waals surface area contributed by atoms with Crippen LogP contribution in [0.25, 0.3) is 0 Å². The Bertz CT molecular complexity index is 662. The number of hydrogen-bond donors (Lipinski definition) is 0. The molecule has 0 spiro atoms. The van der Waals surface area contributed by atoms with Crippen LogP contribution in [0.15, 0.2) is 48.5 Å². The molecule has 1 aliphatic heterocycles. The molecule has 0 aromatic heterocycles. The minimum absolute atomic E-state index is 0.130. The average Bonchev–Trinajstić information content (AvgIpc) is 2.62. The summed E-state index contributed by atoms with van der Waals surface area (Å²) in [5, 5.41) is 10.7. The molecular weight excluding hydrogens is 294 g/mol. The first-order valence-electron chi connectivity index (χ1n) is 7.56. The first-order chi connectivity index (χ1) is 11.2. The van der Waals surface area contributed by atoms with Crippen LogP contribution >= 0.6 is 0 Å². The molecule has 3 rings (SSSR count). The van der Waals surface area contributed by atoms with Crippen LogP contribution in [0, 0.1) is 10.1 Å². The number of benzene rings is 2. The van der Waals surface area contributed by atoms with Crippen LogP contribution in [0.5, 0.6) is 5.75 Å². The summed E-state index contributed by atoms with van der Waals surface area (Å²) in [6.07, 6.45) is 0. The largest absolute Gasteiger partial charge is 0.497 e. The molecule has 0 bridgehead atoms. The Balaban J connectivity index is 1.62. The Morgan fingerprint density at radius 1 is 0.870 bits per heavy atom. The first-order valence-corrected chi connectivity index (χ1v) is 7.56. The molecule has 6 nitrogen and oxygen atoms in total. The molecule has 1 heterocycles. The zero-order chi connectivity index (χ0) is 16.2. The third-order valence-electron chi connectivity index (χ3n) is 4.14. The Hall–Kier alpha value is -2.76. The number of piperazine rings is 1. The van der Waals surface area contributed by atoms with Gasteiger partial charge in [0.1, 0.15) is 5.75 Å². The molecule has 0 atom stereocenters. The van der Waals surface area contributed by atoms with Gasteiger partial charge < -0.3 is 14.5 Å². The minimum atomic E-state index is -0.370. The Kier molecular flexibility index (Phi) is 4.32. The molecule has 2 aromatic carbocycles. The predicted octanol–water partition coefficient (Wildman–Crippen LogP) is 2.93. The van der Waals surface area contributed by atoms with Gasteiger partial charge in [0.2, 0.25) is 0 Å². The summed E-state index contributed by atoms with van der Waals surface area (Å²) in [5.41, 5.74) is 2.35. The highest BCUT2D eigenvalue weighted by atomic mass is 16.6. The lowest BCUT2D eigenvalue weighted by atomic mass is 10.2. The van der Waals surface area contributed by atoms with Crippen molar-refractivity contribution in [2.24, 2.45) is 0 Å². The van der Waals surface area contributed by atoms with E-state index in [1.54, 1.807) is 19.2 Å². The fourth-order valence-electron chi connectivity index (χ4n) is 2.80. The van der Waals surface area contributed by atoms with Crippen molar-refractivity contribution < 1.29 is 9.66 Å². The minimum Gasteiger partial charge on any atom is -0.497 e. The number of rotatable bonds is 4. The number of hydrogen-bond acceptors (Lipinski definition) is 5. The molecule has 120 valence electrons. The van der Waals surface area contributed by atoms with Gasteiger partial charge in [-0.1, -0.05) is 0 Å². The molecular formula is C17H19N3O3. The van der Waals surface area contributed by atoms with Crippen molar-refractivity contribution in [1.29, 1.82) is 0 Å². The molecule has 1 fully saturated rings. The van der Waals surface area contributed by atoms with E-state index in [4.69, 9.17) is 4.74 Å². The van der Waals surface area contributed by atoms with E-state index in [0.717, 1.165) is 37.6 Å². The van der Waals surface area contributed by atoms with Crippen molar-refractivity contribution in [3.63, 3.8) is 0 Å². The number of ether oxygens (including phenoxy) is 1. The maximum atomic E-state index is 10.7. The molecule has 0 radical (unpaired) electrons. The van der Waals surface area contributed by atoms with Crippen LogP contribution < -0.4 is 14.5 Å². The molecule has 0 unspecified atom stereocenters.